The first-order valence-corrected chi connectivity index (χ1v) is 6.62. The van der Waals surface area contributed by atoms with Crippen molar-refractivity contribution in [3.05, 3.63) is 6.20 Å². The summed E-state index contributed by atoms with van der Waals surface area (Å²) in [6.45, 7) is 1.90. The third-order valence-electron chi connectivity index (χ3n) is 2.84. The maximum atomic E-state index is 11.3. The number of hydrogen-bond donors (Lipinski definition) is 3. The molecular weight excluding hydrogens is 250 g/mol. The molecule has 18 heavy (non-hydrogen) atoms. The Labute approximate surface area is 111 Å². The lowest BCUT2D eigenvalue weighted by Crippen LogP contribution is -2.31. The van der Waals surface area contributed by atoms with Gasteiger partial charge in [0.2, 0.25) is 11.9 Å². The van der Waals surface area contributed by atoms with Crippen LogP contribution in [0.5, 0.6) is 0 Å². The first-order valence-electron chi connectivity index (χ1n) is 5.99. The molecule has 1 fully saturated rings. The van der Waals surface area contributed by atoms with Crippen LogP contribution in [0.3, 0.4) is 0 Å². The first-order chi connectivity index (χ1) is 8.70. The second kappa shape index (κ2) is 5.90. The van der Waals surface area contributed by atoms with Gasteiger partial charge in [-0.25, -0.2) is 4.98 Å². The molecule has 2 heterocycles. The normalized spacial score (nSPS) is 15.5. The van der Waals surface area contributed by atoms with Crippen molar-refractivity contribution in [2.24, 2.45) is 0 Å². The topological polar surface area (TPSA) is 84.1 Å². The highest BCUT2D eigenvalue weighted by atomic mass is 32.1. The van der Waals surface area contributed by atoms with Crippen LogP contribution in [0, 0.1) is 0 Å². The molecule has 1 amide bonds. The molecule has 0 atom stereocenters. The van der Waals surface area contributed by atoms with Gasteiger partial charge in [0.15, 0.2) is 5.82 Å². The van der Waals surface area contributed by atoms with E-state index in [0.717, 1.165) is 25.9 Å². The zero-order valence-corrected chi connectivity index (χ0v) is 11.0. The molecular formula is C11H17N5OS. The molecule has 0 radical (unpaired) electrons. The van der Waals surface area contributed by atoms with Crippen LogP contribution < -0.4 is 16.0 Å². The number of nitrogen functional groups attached to an aromatic ring is 1. The summed E-state index contributed by atoms with van der Waals surface area (Å²) in [6, 6.07) is 0. The Balaban J connectivity index is 2.16. The van der Waals surface area contributed by atoms with Crippen molar-refractivity contribution in [2.45, 2.75) is 19.3 Å². The van der Waals surface area contributed by atoms with E-state index >= 15 is 0 Å². The first kappa shape index (κ1) is 12.9. The van der Waals surface area contributed by atoms with E-state index in [0.29, 0.717) is 17.5 Å². The highest BCUT2D eigenvalue weighted by Crippen LogP contribution is 2.20. The Hall–Kier alpha value is -1.50. The Morgan fingerprint density at radius 1 is 1.44 bits per heavy atom. The Kier molecular flexibility index (Phi) is 4.24. The van der Waals surface area contributed by atoms with Crippen molar-refractivity contribution >= 4 is 36.0 Å². The van der Waals surface area contributed by atoms with E-state index in [4.69, 9.17) is 5.73 Å². The van der Waals surface area contributed by atoms with Gasteiger partial charge in [0, 0.05) is 13.1 Å². The van der Waals surface area contributed by atoms with E-state index in [9.17, 15) is 4.79 Å². The quantitative estimate of drug-likeness (QED) is 0.709. The average molecular weight is 267 g/mol. The van der Waals surface area contributed by atoms with Crippen molar-refractivity contribution in [1.82, 2.24) is 9.97 Å². The van der Waals surface area contributed by atoms with Crippen LogP contribution in [-0.4, -0.2) is 34.7 Å². The number of nitrogens with one attached hydrogen (secondary N) is 1. The summed E-state index contributed by atoms with van der Waals surface area (Å²) >= 11 is 3.90. The van der Waals surface area contributed by atoms with Gasteiger partial charge in [0.1, 0.15) is 0 Å². The summed E-state index contributed by atoms with van der Waals surface area (Å²) in [6.07, 6.45) is 5.07. The van der Waals surface area contributed by atoms with E-state index in [2.05, 4.69) is 32.8 Å². The van der Waals surface area contributed by atoms with E-state index < -0.39 is 0 Å². The van der Waals surface area contributed by atoms with Crippen molar-refractivity contribution in [1.29, 1.82) is 0 Å². The summed E-state index contributed by atoms with van der Waals surface area (Å²) in [5.74, 6) is 0.860. The maximum Gasteiger partial charge on any atom is 0.235 e. The second-order valence-electron chi connectivity index (χ2n) is 4.23. The van der Waals surface area contributed by atoms with Crippen molar-refractivity contribution < 1.29 is 4.79 Å². The van der Waals surface area contributed by atoms with Crippen LogP contribution in [0.15, 0.2) is 6.20 Å². The number of hydrogen-bond acceptors (Lipinski definition) is 6. The molecule has 3 N–H and O–H groups in total. The summed E-state index contributed by atoms with van der Waals surface area (Å²) in [5, 5.41) is 2.62. The van der Waals surface area contributed by atoms with Gasteiger partial charge in [-0.05, 0) is 19.3 Å². The highest BCUT2D eigenvalue weighted by Gasteiger charge is 2.15. The van der Waals surface area contributed by atoms with E-state index in [-0.39, 0.29) is 11.7 Å². The molecule has 7 heteroatoms. The molecule has 6 nitrogen and oxygen atoms in total. The predicted octanol–water partition coefficient (Wildman–Crippen LogP) is 0.917. The number of piperidine rings is 1. The van der Waals surface area contributed by atoms with Crippen LogP contribution in [0.25, 0.3) is 0 Å². The van der Waals surface area contributed by atoms with Crippen LogP contribution in [-0.2, 0) is 4.79 Å². The Morgan fingerprint density at radius 3 is 2.83 bits per heavy atom. The number of thiol groups is 1. The fourth-order valence-corrected chi connectivity index (χ4v) is 1.98. The number of nitrogens with two attached hydrogens (primary N) is 1. The van der Waals surface area contributed by atoms with Crippen molar-refractivity contribution in [3.8, 4) is 0 Å². The molecule has 0 saturated carbocycles. The lowest BCUT2D eigenvalue weighted by Gasteiger charge is -2.26. The average Bonchev–Trinajstić information content (AvgIpc) is 2.42. The van der Waals surface area contributed by atoms with Gasteiger partial charge in [-0.1, -0.05) is 0 Å². The molecule has 2 rings (SSSR count). The third-order valence-corrected chi connectivity index (χ3v) is 3.13. The number of carbonyl (C=O) groups is 1. The van der Waals surface area contributed by atoms with Crippen molar-refractivity contribution in [3.63, 3.8) is 0 Å². The molecule has 0 spiro atoms. The molecule has 98 valence electrons. The number of carbonyl (C=O) groups excluding carboxylic acids is 1. The molecule has 1 saturated heterocycles. The van der Waals surface area contributed by atoms with E-state index in [1.54, 1.807) is 0 Å². The summed E-state index contributed by atoms with van der Waals surface area (Å²) in [5.41, 5.74) is 6.11. The van der Waals surface area contributed by atoms with Gasteiger partial charge in [0.25, 0.3) is 0 Å². The fourth-order valence-electron chi connectivity index (χ4n) is 1.90. The lowest BCUT2D eigenvalue weighted by molar-refractivity contribution is -0.113. The van der Waals surface area contributed by atoms with Gasteiger partial charge in [-0.3, -0.25) is 4.79 Å². The van der Waals surface area contributed by atoms with E-state index in [1.165, 1.54) is 12.6 Å². The van der Waals surface area contributed by atoms with Crippen LogP contribution >= 0.6 is 12.6 Å². The summed E-state index contributed by atoms with van der Waals surface area (Å²) in [7, 11) is 0. The number of rotatable bonds is 3. The SMILES string of the molecule is Nc1cnc(N2CCCCC2)nc1NC(=O)CS. The van der Waals surface area contributed by atoms with Crippen LogP contribution in [0.4, 0.5) is 17.5 Å². The zero-order valence-electron chi connectivity index (χ0n) is 10.1. The summed E-state index contributed by atoms with van der Waals surface area (Å²) < 4.78 is 0. The van der Waals surface area contributed by atoms with Gasteiger partial charge in [-0.2, -0.15) is 17.6 Å². The molecule has 1 aromatic heterocycles. The molecule has 0 aliphatic carbocycles. The summed E-state index contributed by atoms with van der Waals surface area (Å²) in [4.78, 5) is 21.9. The standard InChI is InChI=1S/C11H17N5OS/c12-8-6-13-11(16-4-2-1-3-5-16)15-10(8)14-9(17)7-18/h6,18H,1-5,7,12H2,(H,13,14,15,17). The van der Waals surface area contributed by atoms with Gasteiger partial charge < -0.3 is 16.0 Å². The predicted molar refractivity (Wildman–Crippen MR) is 75.0 cm³/mol. The largest absolute Gasteiger partial charge is 0.394 e. The highest BCUT2D eigenvalue weighted by molar-refractivity contribution is 7.81. The maximum absolute atomic E-state index is 11.3. The lowest BCUT2D eigenvalue weighted by atomic mass is 10.1. The smallest absolute Gasteiger partial charge is 0.235 e. The molecule has 0 bridgehead atoms. The number of nitrogens with zero attached hydrogens (tertiary/aromatic N) is 3. The molecule has 1 aromatic rings. The third kappa shape index (κ3) is 3.04. The van der Waals surface area contributed by atoms with Gasteiger partial charge in [0.05, 0.1) is 17.6 Å². The van der Waals surface area contributed by atoms with Gasteiger partial charge >= 0.3 is 0 Å². The molecule has 1 aliphatic rings. The molecule has 0 aromatic carbocycles. The molecule has 0 unspecified atom stereocenters. The van der Waals surface area contributed by atoms with Gasteiger partial charge in [-0.15, -0.1) is 0 Å². The number of aromatic nitrogens is 2. The van der Waals surface area contributed by atoms with Crippen LogP contribution in [0.1, 0.15) is 19.3 Å². The minimum absolute atomic E-state index is 0.0997. The Bertz CT molecular complexity index is 433. The fraction of sp³-hybridized carbons (Fsp3) is 0.545. The van der Waals surface area contributed by atoms with Crippen LogP contribution in [0.2, 0.25) is 0 Å². The minimum atomic E-state index is -0.228. The Morgan fingerprint density at radius 2 is 2.17 bits per heavy atom. The molecule has 1 aliphatic heterocycles. The number of anilines is 3. The monoisotopic (exact) mass is 267 g/mol. The second-order valence-corrected chi connectivity index (χ2v) is 4.54. The van der Waals surface area contributed by atoms with Crippen molar-refractivity contribution in [2.75, 3.05) is 34.8 Å². The van der Waals surface area contributed by atoms with E-state index in [1.807, 2.05) is 0 Å². The minimum Gasteiger partial charge on any atom is -0.394 e. The number of amides is 1. The zero-order chi connectivity index (χ0) is 13.0.